The predicted octanol–water partition coefficient (Wildman–Crippen LogP) is 4.64. The first kappa shape index (κ1) is 18.9. The molecule has 2 aromatic carbocycles. The van der Waals surface area contributed by atoms with Gasteiger partial charge in [-0.3, -0.25) is 14.5 Å². The third-order valence-electron chi connectivity index (χ3n) is 4.72. The van der Waals surface area contributed by atoms with E-state index in [0.717, 1.165) is 27.9 Å². The van der Waals surface area contributed by atoms with Gasteiger partial charge in [0.05, 0.1) is 5.57 Å². The smallest absolute Gasteiger partial charge is 0.278 e. The summed E-state index contributed by atoms with van der Waals surface area (Å²) in [6.45, 7) is 9.70. The molecular weight excluding hydrogens is 360 g/mol. The van der Waals surface area contributed by atoms with E-state index >= 15 is 0 Å². The molecule has 1 aliphatic heterocycles. The van der Waals surface area contributed by atoms with Crippen LogP contribution < -0.4 is 5.32 Å². The molecular formula is C22H21ClN2O2. The Balaban J connectivity index is 2.13. The van der Waals surface area contributed by atoms with Crippen LogP contribution in [0.15, 0.2) is 54.8 Å². The number of carbonyl (C=O) groups excluding carboxylic acids is 2. The molecule has 5 heteroatoms. The number of anilines is 1. The van der Waals surface area contributed by atoms with Gasteiger partial charge in [-0.2, -0.15) is 0 Å². The predicted molar refractivity (Wildman–Crippen MR) is 110 cm³/mol. The lowest BCUT2D eigenvalue weighted by Crippen LogP contribution is -2.32. The van der Waals surface area contributed by atoms with Gasteiger partial charge in [0.15, 0.2) is 0 Å². The van der Waals surface area contributed by atoms with Crippen molar-refractivity contribution >= 4 is 34.7 Å². The number of imide groups is 1. The SMILES string of the molecule is C=CCN1C(=O)C(Nc2ccc(Cl)cc2C)=C(c2ccc(C)c(C)c2)C1=O. The number of nitrogens with zero attached hydrogens (tertiary/aromatic N) is 1. The first-order chi connectivity index (χ1) is 12.8. The molecule has 0 aliphatic carbocycles. The summed E-state index contributed by atoms with van der Waals surface area (Å²) in [7, 11) is 0. The Hall–Kier alpha value is -2.85. The van der Waals surface area contributed by atoms with Crippen LogP contribution >= 0.6 is 11.6 Å². The molecule has 4 nitrogen and oxygen atoms in total. The van der Waals surface area contributed by atoms with Crippen LogP contribution in [0.4, 0.5) is 5.69 Å². The highest BCUT2D eigenvalue weighted by molar-refractivity contribution is 6.36. The Morgan fingerprint density at radius 3 is 2.37 bits per heavy atom. The third kappa shape index (κ3) is 3.53. The molecule has 0 atom stereocenters. The number of nitrogens with one attached hydrogen (secondary N) is 1. The molecule has 0 aromatic heterocycles. The van der Waals surface area contributed by atoms with E-state index in [4.69, 9.17) is 11.6 Å². The monoisotopic (exact) mass is 380 g/mol. The van der Waals surface area contributed by atoms with Crippen molar-refractivity contribution in [2.24, 2.45) is 0 Å². The lowest BCUT2D eigenvalue weighted by atomic mass is 9.99. The number of halogens is 1. The quantitative estimate of drug-likeness (QED) is 0.607. The first-order valence-electron chi connectivity index (χ1n) is 8.65. The maximum Gasteiger partial charge on any atom is 0.278 e. The molecule has 3 rings (SSSR count). The zero-order valence-corrected chi connectivity index (χ0v) is 16.4. The van der Waals surface area contributed by atoms with Crippen LogP contribution in [0.25, 0.3) is 5.57 Å². The molecule has 0 spiro atoms. The maximum absolute atomic E-state index is 13.0. The second-order valence-corrected chi connectivity index (χ2v) is 7.08. The average molecular weight is 381 g/mol. The highest BCUT2D eigenvalue weighted by atomic mass is 35.5. The number of amides is 2. The summed E-state index contributed by atoms with van der Waals surface area (Å²) >= 11 is 6.03. The first-order valence-corrected chi connectivity index (χ1v) is 9.03. The van der Waals surface area contributed by atoms with Crippen molar-refractivity contribution in [2.45, 2.75) is 20.8 Å². The molecule has 0 saturated heterocycles. The second kappa shape index (κ2) is 7.41. The van der Waals surface area contributed by atoms with Crippen LogP contribution in [0.2, 0.25) is 5.02 Å². The van der Waals surface area contributed by atoms with Crippen LogP contribution in [0, 0.1) is 20.8 Å². The Labute approximate surface area is 164 Å². The van der Waals surface area contributed by atoms with Crippen molar-refractivity contribution in [1.82, 2.24) is 4.90 Å². The summed E-state index contributed by atoms with van der Waals surface area (Å²) in [5, 5.41) is 3.78. The molecule has 2 amide bonds. The number of hydrogen-bond acceptors (Lipinski definition) is 3. The fraction of sp³-hybridized carbons (Fsp3) is 0.182. The summed E-state index contributed by atoms with van der Waals surface area (Å²) in [6, 6.07) is 11.1. The fourth-order valence-corrected chi connectivity index (χ4v) is 3.28. The molecule has 138 valence electrons. The van der Waals surface area contributed by atoms with E-state index in [2.05, 4.69) is 11.9 Å². The highest BCUT2D eigenvalue weighted by Gasteiger charge is 2.38. The van der Waals surface area contributed by atoms with Gasteiger partial charge in [0.1, 0.15) is 5.70 Å². The molecule has 0 saturated carbocycles. The number of benzene rings is 2. The maximum atomic E-state index is 13.0. The van der Waals surface area contributed by atoms with Crippen molar-refractivity contribution in [2.75, 3.05) is 11.9 Å². The van der Waals surface area contributed by atoms with Crippen molar-refractivity contribution in [3.63, 3.8) is 0 Å². The zero-order chi connectivity index (χ0) is 19.7. The molecule has 0 fully saturated rings. The summed E-state index contributed by atoms with van der Waals surface area (Å²) in [4.78, 5) is 27.1. The summed E-state index contributed by atoms with van der Waals surface area (Å²) in [6.07, 6.45) is 1.55. The van der Waals surface area contributed by atoms with Gasteiger partial charge in [0, 0.05) is 17.3 Å². The van der Waals surface area contributed by atoms with Crippen molar-refractivity contribution in [1.29, 1.82) is 0 Å². The van der Waals surface area contributed by atoms with Crippen LogP contribution in [0.5, 0.6) is 0 Å². The molecule has 1 N–H and O–H groups in total. The van der Waals surface area contributed by atoms with E-state index in [9.17, 15) is 9.59 Å². The summed E-state index contributed by atoms with van der Waals surface area (Å²) < 4.78 is 0. The lowest BCUT2D eigenvalue weighted by Gasteiger charge is -2.13. The van der Waals surface area contributed by atoms with E-state index in [1.165, 1.54) is 4.90 Å². The van der Waals surface area contributed by atoms with E-state index in [-0.39, 0.29) is 24.1 Å². The average Bonchev–Trinajstić information content (AvgIpc) is 2.84. The largest absolute Gasteiger partial charge is 0.350 e. The van der Waals surface area contributed by atoms with Crippen molar-refractivity contribution in [3.8, 4) is 0 Å². The Morgan fingerprint density at radius 1 is 1.00 bits per heavy atom. The molecule has 0 radical (unpaired) electrons. The standard InChI is InChI=1S/C22H21ClN2O2/c1-5-10-25-21(26)19(16-7-6-13(2)14(3)11-16)20(22(25)27)24-18-9-8-17(23)12-15(18)4/h5-9,11-12,24H,1,10H2,2-4H3. The zero-order valence-electron chi connectivity index (χ0n) is 15.6. The van der Waals surface area contributed by atoms with E-state index in [1.54, 1.807) is 18.2 Å². The van der Waals surface area contributed by atoms with Gasteiger partial charge in [-0.05, 0) is 61.2 Å². The fourth-order valence-electron chi connectivity index (χ4n) is 3.05. The van der Waals surface area contributed by atoms with Gasteiger partial charge >= 0.3 is 0 Å². The number of aryl methyl sites for hydroxylation is 3. The molecule has 27 heavy (non-hydrogen) atoms. The van der Waals surface area contributed by atoms with Crippen LogP contribution in [-0.2, 0) is 9.59 Å². The molecule has 2 aromatic rings. The minimum absolute atomic E-state index is 0.163. The van der Waals surface area contributed by atoms with E-state index in [0.29, 0.717) is 10.6 Å². The molecule has 0 unspecified atom stereocenters. The minimum Gasteiger partial charge on any atom is -0.350 e. The summed E-state index contributed by atoms with van der Waals surface area (Å²) in [5.41, 5.74) is 5.17. The Kier molecular flexibility index (Phi) is 5.19. The van der Waals surface area contributed by atoms with E-state index < -0.39 is 0 Å². The normalized spacial score (nSPS) is 14.1. The molecule has 0 bridgehead atoms. The Bertz CT molecular complexity index is 992. The Morgan fingerprint density at radius 2 is 1.74 bits per heavy atom. The van der Waals surface area contributed by atoms with Gasteiger partial charge in [-0.15, -0.1) is 6.58 Å². The topological polar surface area (TPSA) is 49.4 Å². The van der Waals surface area contributed by atoms with E-state index in [1.807, 2.05) is 45.0 Å². The van der Waals surface area contributed by atoms with Crippen molar-refractivity contribution < 1.29 is 9.59 Å². The summed E-state index contributed by atoms with van der Waals surface area (Å²) in [5.74, 6) is -0.681. The van der Waals surface area contributed by atoms with Gasteiger partial charge < -0.3 is 5.32 Å². The van der Waals surface area contributed by atoms with Gasteiger partial charge in [-0.1, -0.05) is 35.9 Å². The van der Waals surface area contributed by atoms with Crippen LogP contribution in [-0.4, -0.2) is 23.3 Å². The molecule has 1 heterocycles. The highest BCUT2D eigenvalue weighted by Crippen LogP contribution is 2.32. The van der Waals surface area contributed by atoms with Crippen molar-refractivity contribution in [3.05, 3.63) is 82.0 Å². The van der Waals surface area contributed by atoms with Crippen LogP contribution in [0.1, 0.15) is 22.3 Å². The second-order valence-electron chi connectivity index (χ2n) is 6.64. The lowest BCUT2D eigenvalue weighted by molar-refractivity contribution is -0.136. The van der Waals surface area contributed by atoms with Crippen LogP contribution in [0.3, 0.4) is 0 Å². The minimum atomic E-state index is -0.359. The third-order valence-corrected chi connectivity index (χ3v) is 4.96. The van der Waals surface area contributed by atoms with Gasteiger partial charge in [-0.25, -0.2) is 0 Å². The number of rotatable bonds is 5. The molecule has 1 aliphatic rings. The number of carbonyl (C=O) groups is 2. The van der Waals surface area contributed by atoms with Gasteiger partial charge in [0.2, 0.25) is 0 Å². The number of hydrogen-bond donors (Lipinski definition) is 1. The van der Waals surface area contributed by atoms with Gasteiger partial charge in [0.25, 0.3) is 11.8 Å².